The maximum atomic E-state index is 5.42. The molecule has 0 aliphatic heterocycles. The van der Waals surface area contributed by atoms with Crippen LogP contribution in [0, 0.1) is 4.77 Å². The molecule has 1 fully saturated rings. The van der Waals surface area contributed by atoms with Gasteiger partial charge in [0.2, 0.25) is 0 Å². The summed E-state index contributed by atoms with van der Waals surface area (Å²) in [7, 11) is 1.80. The number of hydrogen-bond acceptors (Lipinski definition) is 2. The summed E-state index contributed by atoms with van der Waals surface area (Å²) >= 11 is 5.37. The first-order valence-electron chi connectivity index (χ1n) is 5.96. The molecule has 1 saturated carbocycles. The Morgan fingerprint density at radius 3 is 2.81 bits per heavy atom. The van der Waals surface area contributed by atoms with Crippen LogP contribution in [0.4, 0.5) is 0 Å². The van der Waals surface area contributed by atoms with E-state index in [9.17, 15) is 0 Å². The van der Waals surface area contributed by atoms with Crippen LogP contribution in [0.1, 0.15) is 50.8 Å². The Morgan fingerprint density at radius 2 is 2.25 bits per heavy atom. The first-order valence-corrected chi connectivity index (χ1v) is 6.37. The minimum Gasteiger partial charge on any atom is -0.381 e. The molecule has 1 aliphatic rings. The Morgan fingerprint density at radius 1 is 1.50 bits per heavy atom. The first-order chi connectivity index (χ1) is 7.63. The van der Waals surface area contributed by atoms with Crippen LogP contribution in [-0.2, 0) is 4.74 Å². The molecule has 2 rings (SSSR count). The van der Waals surface area contributed by atoms with Crippen molar-refractivity contribution in [3.63, 3.8) is 0 Å². The molecule has 0 radical (unpaired) electrons. The zero-order chi connectivity index (χ0) is 11.7. The number of aromatic amines is 1. The van der Waals surface area contributed by atoms with Crippen LogP contribution in [0.3, 0.4) is 0 Å². The molecule has 1 N–H and O–H groups in total. The Hall–Kier alpha value is -0.610. The molecule has 3 nitrogen and oxygen atoms in total. The van der Waals surface area contributed by atoms with Gasteiger partial charge in [0.15, 0.2) is 4.77 Å². The predicted octanol–water partition coefficient (Wildman–Crippen LogP) is 3.41. The first kappa shape index (κ1) is 11.9. The summed E-state index contributed by atoms with van der Waals surface area (Å²) in [5, 5.41) is 0. The normalized spacial score (nSPS) is 25.5. The molecule has 1 heterocycles. The van der Waals surface area contributed by atoms with Crippen molar-refractivity contribution in [1.29, 1.82) is 0 Å². The van der Waals surface area contributed by atoms with Crippen LogP contribution in [0.2, 0.25) is 0 Å². The molecule has 16 heavy (non-hydrogen) atoms. The zero-order valence-electron chi connectivity index (χ0n) is 10.2. The summed E-state index contributed by atoms with van der Waals surface area (Å²) in [5.74, 6) is 0.509. The maximum Gasteiger partial charge on any atom is 0.177 e. The van der Waals surface area contributed by atoms with Crippen LogP contribution in [0.5, 0.6) is 0 Å². The van der Waals surface area contributed by atoms with Gasteiger partial charge in [-0.1, -0.05) is 13.8 Å². The van der Waals surface area contributed by atoms with E-state index in [-0.39, 0.29) is 0 Å². The topological polar surface area (TPSA) is 29.9 Å². The van der Waals surface area contributed by atoms with E-state index in [1.807, 2.05) is 6.20 Å². The molecule has 4 heteroatoms. The molecule has 2 unspecified atom stereocenters. The zero-order valence-corrected chi connectivity index (χ0v) is 11.0. The van der Waals surface area contributed by atoms with Gasteiger partial charge >= 0.3 is 0 Å². The van der Waals surface area contributed by atoms with E-state index in [2.05, 4.69) is 23.4 Å². The lowest BCUT2D eigenvalue weighted by Gasteiger charge is -2.17. The van der Waals surface area contributed by atoms with Gasteiger partial charge < -0.3 is 14.3 Å². The number of aromatic nitrogens is 2. The van der Waals surface area contributed by atoms with E-state index in [0.717, 1.165) is 17.6 Å². The second-order valence-electron chi connectivity index (χ2n) is 4.87. The number of methoxy groups -OCH3 is 1. The summed E-state index contributed by atoms with van der Waals surface area (Å²) in [5.41, 5.74) is 1.31. The van der Waals surface area contributed by atoms with Crippen LogP contribution in [0.15, 0.2) is 6.20 Å². The third kappa shape index (κ3) is 2.09. The molecular formula is C12H20N2OS. The second-order valence-corrected chi connectivity index (χ2v) is 5.25. The van der Waals surface area contributed by atoms with Crippen molar-refractivity contribution in [3.8, 4) is 0 Å². The Balaban J connectivity index is 2.27. The average molecular weight is 240 g/mol. The molecule has 1 aromatic rings. The van der Waals surface area contributed by atoms with Crippen LogP contribution >= 0.6 is 12.2 Å². The Bertz CT molecular complexity index is 407. The van der Waals surface area contributed by atoms with E-state index in [0.29, 0.717) is 18.1 Å². The van der Waals surface area contributed by atoms with Crippen molar-refractivity contribution in [2.24, 2.45) is 0 Å². The summed E-state index contributed by atoms with van der Waals surface area (Å²) in [6, 6.07) is 0.515. The van der Waals surface area contributed by atoms with Crippen molar-refractivity contribution < 1.29 is 4.74 Å². The smallest absolute Gasteiger partial charge is 0.177 e. The van der Waals surface area contributed by atoms with E-state index in [4.69, 9.17) is 17.0 Å². The van der Waals surface area contributed by atoms with Crippen LogP contribution in [0.25, 0.3) is 0 Å². The van der Waals surface area contributed by atoms with Gasteiger partial charge in [0.1, 0.15) is 0 Å². The molecule has 0 amide bonds. The summed E-state index contributed by atoms with van der Waals surface area (Å²) < 4.78 is 8.57. The lowest BCUT2D eigenvalue weighted by Crippen LogP contribution is -2.12. The van der Waals surface area contributed by atoms with Gasteiger partial charge in [-0.25, -0.2) is 0 Å². The molecule has 1 aliphatic carbocycles. The summed E-state index contributed by atoms with van der Waals surface area (Å²) in [6.07, 6.45) is 5.85. The molecule has 0 saturated heterocycles. The Kier molecular flexibility index (Phi) is 3.50. The number of ether oxygens (including phenoxy) is 1. The van der Waals surface area contributed by atoms with E-state index < -0.39 is 0 Å². The number of rotatable bonds is 3. The van der Waals surface area contributed by atoms with Gasteiger partial charge in [0.05, 0.1) is 6.10 Å². The van der Waals surface area contributed by atoms with Crippen molar-refractivity contribution in [2.45, 2.75) is 51.2 Å². The lowest BCUT2D eigenvalue weighted by molar-refractivity contribution is 0.105. The largest absolute Gasteiger partial charge is 0.381 e. The number of H-pyrrole nitrogens is 1. The molecule has 0 bridgehead atoms. The molecule has 90 valence electrons. The number of nitrogens with one attached hydrogen (secondary N) is 1. The highest BCUT2D eigenvalue weighted by molar-refractivity contribution is 7.71. The summed E-state index contributed by atoms with van der Waals surface area (Å²) in [4.78, 5) is 3.17. The molecule has 0 spiro atoms. The predicted molar refractivity (Wildman–Crippen MR) is 67.4 cm³/mol. The monoisotopic (exact) mass is 240 g/mol. The van der Waals surface area contributed by atoms with Gasteiger partial charge in [-0.15, -0.1) is 0 Å². The molecule has 0 aromatic carbocycles. The van der Waals surface area contributed by atoms with E-state index in [1.54, 1.807) is 7.11 Å². The fourth-order valence-corrected chi connectivity index (χ4v) is 2.89. The van der Waals surface area contributed by atoms with Gasteiger partial charge in [-0.3, -0.25) is 0 Å². The number of nitrogens with zero attached hydrogens (tertiary/aromatic N) is 1. The van der Waals surface area contributed by atoms with Gasteiger partial charge in [-0.05, 0) is 37.4 Å². The average Bonchev–Trinajstić information content (AvgIpc) is 2.83. The summed E-state index contributed by atoms with van der Waals surface area (Å²) in [6.45, 7) is 4.41. The maximum absolute atomic E-state index is 5.42. The van der Waals surface area contributed by atoms with Gasteiger partial charge in [0, 0.05) is 25.0 Å². The molecular weight excluding hydrogens is 220 g/mol. The van der Waals surface area contributed by atoms with Crippen molar-refractivity contribution in [1.82, 2.24) is 9.55 Å². The number of imidazole rings is 1. The highest BCUT2D eigenvalue weighted by atomic mass is 32.1. The molecule has 1 aromatic heterocycles. The van der Waals surface area contributed by atoms with Crippen molar-refractivity contribution in [2.75, 3.05) is 7.11 Å². The highest BCUT2D eigenvalue weighted by Crippen LogP contribution is 2.34. The fraction of sp³-hybridized carbons (Fsp3) is 0.750. The van der Waals surface area contributed by atoms with Crippen LogP contribution in [-0.4, -0.2) is 22.8 Å². The standard InChI is InChI=1S/C12H20N2OS/c1-8(2)11-7-13-12(16)14(11)9-4-5-10(6-9)15-3/h7-10H,4-6H2,1-3H3,(H,13,16). The van der Waals surface area contributed by atoms with Crippen LogP contribution < -0.4 is 0 Å². The second kappa shape index (κ2) is 4.72. The molecule has 2 atom stereocenters. The van der Waals surface area contributed by atoms with Gasteiger partial charge in [0.25, 0.3) is 0 Å². The minimum absolute atomic E-state index is 0.404. The highest BCUT2D eigenvalue weighted by Gasteiger charge is 2.27. The SMILES string of the molecule is COC1CCC(n2c(C(C)C)c[nH]c2=S)C1. The third-order valence-electron chi connectivity index (χ3n) is 3.49. The third-order valence-corrected chi connectivity index (χ3v) is 3.80. The van der Waals surface area contributed by atoms with Crippen molar-refractivity contribution in [3.05, 3.63) is 16.7 Å². The lowest BCUT2D eigenvalue weighted by atomic mass is 10.1. The van der Waals surface area contributed by atoms with E-state index in [1.165, 1.54) is 12.1 Å². The minimum atomic E-state index is 0.404. The fourth-order valence-electron chi connectivity index (χ4n) is 2.58. The van der Waals surface area contributed by atoms with Crippen molar-refractivity contribution >= 4 is 12.2 Å². The quantitative estimate of drug-likeness (QED) is 0.821. The van der Waals surface area contributed by atoms with Gasteiger partial charge in [-0.2, -0.15) is 0 Å². The Labute approximate surface area is 102 Å². The van der Waals surface area contributed by atoms with E-state index >= 15 is 0 Å². The number of hydrogen-bond donors (Lipinski definition) is 1.